The SMILES string of the molecule is CCC1CCCC(NCc2ccccn2)C1. The molecule has 2 unspecified atom stereocenters. The van der Waals surface area contributed by atoms with E-state index in [4.69, 9.17) is 0 Å². The van der Waals surface area contributed by atoms with Crippen LogP contribution in [0.15, 0.2) is 24.4 Å². The molecule has 2 heteroatoms. The van der Waals surface area contributed by atoms with Crippen molar-refractivity contribution >= 4 is 0 Å². The Bertz CT molecular complexity index is 297. The van der Waals surface area contributed by atoms with Gasteiger partial charge in [0.2, 0.25) is 0 Å². The second-order valence-corrected chi connectivity index (χ2v) is 4.84. The highest BCUT2D eigenvalue weighted by atomic mass is 14.9. The van der Waals surface area contributed by atoms with Gasteiger partial charge in [-0.3, -0.25) is 4.98 Å². The molecule has 1 aromatic heterocycles. The summed E-state index contributed by atoms with van der Waals surface area (Å²) in [5, 5.41) is 3.64. The Morgan fingerprint density at radius 3 is 3.06 bits per heavy atom. The van der Waals surface area contributed by atoms with Crippen molar-refractivity contribution in [2.45, 2.75) is 51.6 Å². The molecule has 88 valence electrons. The van der Waals surface area contributed by atoms with Gasteiger partial charge < -0.3 is 5.32 Å². The normalized spacial score (nSPS) is 25.6. The molecule has 0 aliphatic heterocycles. The summed E-state index contributed by atoms with van der Waals surface area (Å²) in [4.78, 5) is 4.34. The maximum atomic E-state index is 4.34. The van der Waals surface area contributed by atoms with Crippen LogP contribution < -0.4 is 5.32 Å². The molecule has 2 nitrogen and oxygen atoms in total. The predicted octanol–water partition coefficient (Wildman–Crippen LogP) is 3.14. The second-order valence-electron chi connectivity index (χ2n) is 4.84. The first-order chi connectivity index (χ1) is 7.88. The van der Waals surface area contributed by atoms with Gasteiger partial charge in [-0.2, -0.15) is 0 Å². The lowest BCUT2D eigenvalue weighted by atomic mass is 9.84. The summed E-state index contributed by atoms with van der Waals surface area (Å²) >= 11 is 0. The lowest BCUT2D eigenvalue weighted by Crippen LogP contribution is -2.33. The topological polar surface area (TPSA) is 24.9 Å². The molecule has 1 aliphatic carbocycles. The number of pyridine rings is 1. The molecule has 0 saturated heterocycles. The van der Waals surface area contributed by atoms with E-state index >= 15 is 0 Å². The molecule has 1 fully saturated rings. The first kappa shape index (κ1) is 11.6. The van der Waals surface area contributed by atoms with Crippen LogP contribution in [-0.4, -0.2) is 11.0 Å². The summed E-state index contributed by atoms with van der Waals surface area (Å²) in [7, 11) is 0. The summed E-state index contributed by atoms with van der Waals surface area (Å²) in [5.74, 6) is 0.940. The molecule has 1 aliphatic rings. The summed E-state index contributed by atoms with van der Waals surface area (Å²) < 4.78 is 0. The average molecular weight is 218 g/mol. The minimum atomic E-state index is 0.709. The smallest absolute Gasteiger partial charge is 0.0541 e. The second kappa shape index (κ2) is 6.00. The van der Waals surface area contributed by atoms with E-state index in [1.54, 1.807) is 0 Å². The minimum absolute atomic E-state index is 0.709. The van der Waals surface area contributed by atoms with Gasteiger partial charge in [-0.25, -0.2) is 0 Å². The Morgan fingerprint density at radius 2 is 2.31 bits per heavy atom. The van der Waals surface area contributed by atoms with Crippen molar-refractivity contribution in [3.05, 3.63) is 30.1 Å². The molecular weight excluding hydrogens is 196 g/mol. The fourth-order valence-electron chi connectivity index (χ4n) is 2.60. The van der Waals surface area contributed by atoms with Crippen LogP contribution in [0.3, 0.4) is 0 Å². The van der Waals surface area contributed by atoms with E-state index < -0.39 is 0 Å². The Hall–Kier alpha value is -0.890. The van der Waals surface area contributed by atoms with Crippen LogP contribution in [0.4, 0.5) is 0 Å². The predicted molar refractivity (Wildman–Crippen MR) is 67.1 cm³/mol. The molecule has 0 bridgehead atoms. The number of nitrogens with one attached hydrogen (secondary N) is 1. The number of hydrogen-bond acceptors (Lipinski definition) is 2. The van der Waals surface area contributed by atoms with Gasteiger partial charge in [0.15, 0.2) is 0 Å². The van der Waals surface area contributed by atoms with Crippen molar-refractivity contribution in [2.24, 2.45) is 5.92 Å². The Balaban J connectivity index is 1.77. The van der Waals surface area contributed by atoms with E-state index in [9.17, 15) is 0 Å². The fourth-order valence-corrected chi connectivity index (χ4v) is 2.60. The highest BCUT2D eigenvalue weighted by molar-refractivity contribution is 5.03. The molecule has 2 atom stereocenters. The van der Waals surface area contributed by atoms with Crippen LogP contribution in [0.1, 0.15) is 44.7 Å². The summed E-state index contributed by atoms with van der Waals surface area (Å²) in [6, 6.07) is 6.82. The lowest BCUT2D eigenvalue weighted by molar-refractivity contribution is 0.278. The van der Waals surface area contributed by atoms with E-state index in [0.29, 0.717) is 6.04 Å². The van der Waals surface area contributed by atoms with Crippen molar-refractivity contribution in [2.75, 3.05) is 0 Å². The van der Waals surface area contributed by atoms with Crippen molar-refractivity contribution in [3.63, 3.8) is 0 Å². The van der Waals surface area contributed by atoms with Gasteiger partial charge >= 0.3 is 0 Å². The maximum absolute atomic E-state index is 4.34. The molecular formula is C14H22N2. The molecule has 0 amide bonds. The molecule has 1 saturated carbocycles. The third-order valence-electron chi connectivity index (χ3n) is 3.66. The molecule has 0 spiro atoms. The number of hydrogen-bond donors (Lipinski definition) is 1. The molecule has 1 aromatic rings. The molecule has 1 heterocycles. The molecule has 1 N–H and O–H groups in total. The maximum Gasteiger partial charge on any atom is 0.0541 e. The van der Waals surface area contributed by atoms with Gasteiger partial charge in [0.25, 0.3) is 0 Å². The summed E-state index contributed by atoms with van der Waals surface area (Å²) in [6.07, 6.45) is 8.71. The number of nitrogens with zero attached hydrogens (tertiary/aromatic N) is 1. The van der Waals surface area contributed by atoms with Crippen LogP contribution in [0.5, 0.6) is 0 Å². The van der Waals surface area contributed by atoms with Gasteiger partial charge in [-0.15, -0.1) is 0 Å². The quantitative estimate of drug-likeness (QED) is 0.839. The monoisotopic (exact) mass is 218 g/mol. The van der Waals surface area contributed by atoms with Crippen LogP contribution in [0.25, 0.3) is 0 Å². The lowest BCUT2D eigenvalue weighted by Gasteiger charge is -2.29. The van der Waals surface area contributed by atoms with Crippen molar-refractivity contribution < 1.29 is 0 Å². The van der Waals surface area contributed by atoms with Gasteiger partial charge in [0.1, 0.15) is 0 Å². The zero-order chi connectivity index (χ0) is 11.2. The van der Waals surface area contributed by atoms with Crippen LogP contribution in [-0.2, 0) is 6.54 Å². The van der Waals surface area contributed by atoms with E-state index in [2.05, 4.69) is 29.4 Å². The van der Waals surface area contributed by atoms with Crippen molar-refractivity contribution in [1.82, 2.24) is 10.3 Å². The summed E-state index contributed by atoms with van der Waals surface area (Å²) in [6.45, 7) is 3.23. The number of aromatic nitrogens is 1. The number of rotatable bonds is 4. The van der Waals surface area contributed by atoms with Gasteiger partial charge in [0, 0.05) is 18.8 Å². The Kier molecular flexibility index (Phi) is 4.34. The minimum Gasteiger partial charge on any atom is -0.308 e. The fraction of sp³-hybridized carbons (Fsp3) is 0.643. The van der Waals surface area contributed by atoms with Gasteiger partial charge in [0.05, 0.1) is 5.69 Å². The van der Waals surface area contributed by atoms with E-state index in [0.717, 1.165) is 18.2 Å². The largest absolute Gasteiger partial charge is 0.308 e. The first-order valence-corrected chi connectivity index (χ1v) is 6.51. The Labute approximate surface area is 98.5 Å². The zero-order valence-electron chi connectivity index (χ0n) is 10.2. The van der Waals surface area contributed by atoms with Crippen LogP contribution in [0, 0.1) is 5.92 Å². The summed E-state index contributed by atoms with van der Waals surface area (Å²) in [5.41, 5.74) is 1.15. The van der Waals surface area contributed by atoms with E-state index in [-0.39, 0.29) is 0 Å². The highest BCUT2D eigenvalue weighted by Crippen LogP contribution is 2.26. The average Bonchev–Trinajstić information content (AvgIpc) is 2.38. The zero-order valence-corrected chi connectivity index (χ0v) is 10.2. The standard InChI is InChI=1S/C14H22N2/c1-2-12-6-5-8-13(10-12)16-11-14-7-3-4-9-15-14/h3-4,7,9,12-13,16H,2,5-6,8,10-11H2,1H3. The van der Waals surface area contributed by atoms with E-state index in [1.165, 1.54) is 32.1 Å². The van der Waals surface area contributed by atoms with Gasteiger partial charge in [-0.05, 0) is 30.9 Å². The first-order valence-electron chi connectivity index (χ1n) is 6.51. The molecule has 0 radical (unpaired) electrons. The highest BCUT2D eigenvalue weighted by Gasteiger charge is 2.19. The third kappa shape index (κ3) is 3.31. The van der Waals surface area contributed by atoms with Crippen molar-refractivity contribution in [1.29, 1.82) is 0 Å². The van der Waals surface area contributed by atoms with E-state index in [1.807, 2.05) is 12.3 Å². The van der Waals surface area contributed by atoms with Crippen LogP contribution in [0.2, 0.25) is 0 Å². The van der Waals surface area contributed by atoms with Crippen molar-refractivity contribution in [3.8, 4) is 0 Å². The van der Waals surface area contributed by atoms with Crippen LogP contribution >= 0.6 is 0 Å². The molecule has 2 rings (SSSR count). The van der Waals surface area contributed by atoms with Gasteiger partial charge in [-0.1, -0.05) is 32.3 Å². The molecule has 0 aromatic carbocycles. The third-order valence-corrected chi connectivity index (χ3v) is 3.66. The Morgan fingerprint density at radius 1 is 1.38 bits per heavy atom. The molecule has 16 heavy (non-hydrogen) atoms.